The smallest absolute Gasteiger partial charge is 0.139 e. The Morgan fingerprint density at radius 2 is 2.00 bits per heavy atom. The molecule has 2 atom stereocenters. The monoisotopic (exact) mass is 311 g/mol. The molecule has 1 aliphatic heterocycles. The van der Waals surface area contributed by atoms with Crippen LogP contribution < -0.4 is 5.32 Å². The molecule has 0 radical (unpaired) electrons. The molecule has 4 heteroatoms. The lowest BCUT2D eigenvalue weighted by molar-refractivity contribution is 0.221. The summed E-state index contributed by atoms with van der Waals surface area (Å²) in [7, 11) is 0. The van der Waals surface area contributed by atoms with Crippen LogP contribution in [0.2, 0.25) is 0 Å². The van der Waals surface area contributed by atoms with Crippen LogP contribution in [0, 0.1) is 5.92 Å². The molecule has 1 aromatic rings. The molecule has 1 N–H and O–H groups in total. The first kappa shape index (κ1) is 12.5. The number of rotatable bonds is 0. The van der Waals surface area contributed by atoms with Gasteiger partial charge in [0.2, 0.25) is 0 Å². The van der Waals surface area contributed by atoms with Crippen molar-refractivity contribution in [2.24, 2.45) is 5.92 Å². The topological polar surface area (TPSA) is 29.9 Å². The zero-order valence-corrected chi connectivity index (χ0v) is 13.0. The molecule has 2 aliphatic rings. The lowest BCUT2D eigenvalue weighted by Crippen LogP contribution is -2.35. The molecule has 0 aromatic carbocycles. The molecule has 1 aliphatic carbocycles. The molecule has 0 spiro atoms. The summed E-state index contributed by atoms with van der Waals surface area (Å²) in [6, 6.07) is 0.613. The van der Waals surface area contributed by atoms with Gasteiger partial charge in [-0.25, -0.2) is 4.68 Å². The first-order chi connectivity index (χ1) is 8.48. The van der Waals surface area contributed by atoms with Gasteiger partial charge in [0.05, 0.1) is 16.2 Å². The average Bonchev–Trinajstić information content (AvgIpc) is 2.67. The Kier molecular flexibility index (Phi) is 2.96. The van der Waals surface area contributed by atoms with E-state index in [4.69, 9.17) is 5.10 Å². The molecule has 2 unspecified atom stereocenters. The second kappa shape index (κ2) is 4.26. The third-order valence-electron chi connectivity index (χ3n) is 4.28. The Bertz CT molecular complexity index is 458. The highest BCUT2D eigenvalue weighted by atomic mass is 79.9. The van der Waals surface area contributed by atoms with E-state index in [-0.39, 0.29) is 5.41 Å². The molecule has 18 heavy (non-hydrogen) atoms. The number of nitrogens with zero attached hydrogens (tertiary/aromatic N) is 2. The van der Waals surface area contributed by atoms with E-state index in [1.54, 1.807) is 0 Å². The summed E-state index contributed by atoms with van der Waals surface area (Å²) in [5.74, 6) is 1.97. The van der Waals surface area contributed by atoms with Crippen LogP contribution in [0.4, 0.5) is 5.82 Å². The van der Waals surface area contributed by atoms with E-state index in [0.29, 0.717) is 6.04 Å². The van der Waals surface area contributed by atoms with Crippen LogP contribution in [0.5, 0.6) is 0 Å². The Hall–Kier alpha value is -0.510. The lowest BCUT2D eigenvalue weighted by Gasteiger charge is -2.37. The highest BCUT2D eigenvalue weighted by Gasteiger charge is 2.36. The van der Waals surface area contributed by atoms with E-state index >= 15 is 0 Å². The Balaban J connectivity index is 2.04. The van der Waals surface area contributed by atoms with Crippen LogP contribution >= 0.6 is 15.9 Å². The molecule has 1 fully saturated rings. The molecule has 100 valence electrons. The van der Waals surface area contributed by atoms with Crippen molar-refractivity contribution in [3.63, 3.8) is 0 Å². The Labute approximate surface area is 117 Å². The number of nitrogens with one attached hydrogen (secondary N) is 1. The van der Waals surface area contributed by atoms with Gasteiger partial charge in [-0.15, -0.1) is 0 Å². The Morgan fingerprint density at radius 3 is 2.72 bits per heavy atom. The van der Waals surface area contributed by atoms with Gasteiger partial charge in [-0.2, -0.15) is 5.10 Å². The fraction of sp³-hybridized carbons (Fsp3) is 0.786. The second-order valence-corrected chi connectivity index (χ2v) is 7.49. The number of hydrogen-bond donors (Lipinski definition) is 1. The highest BCUT2D eigenvalue weighted by Crippen LogP contribution is 2.43. The van der Waals surface area contributed by atoms with Gasteiger partial charge in [-0.3, -0.25) is 0 Å². The summed E-state index contributed by atoms with van der Waals surface area (Å²) in [6.07, 6.45) is 5.37. The maximum absolute atomic E-state index is 4.91. The van der Waals surface area contributed by atoms with Gasteiger partial charge in [0.25, 0.3) is 0 Å². The molecule has 0 amide bonds. The van der Waals surface area contributed by atoms with Crippen LogP contribution in [-0.2, 0) is 5.41 Å². The third kappa shape index (κ3) is 1.89. The molecular formula is C14H22BrN3. The van der Waals surface area contributed by atoms with Crippen molar-refractivity contribution in [1.29, 1.82) is 0 Å². The predicted molar refractivity (Wildman–Crippen MR) is 78.1 cm³/mol. The standard InChI is InChI=1S/C14H22BrN3/c1-14(2,3)12-11(15)13-16-8-9-6-4-5-7-10(9)18(13)17-12/h9-10,16H,4-8H2,1-3H3. The molecular weight excluding hydrogens is 290 g/mol. The quantitative estimate of drug-likeness (QED) is 0.781. The maximum atomic E-state index is 4.91. The van der Waals surface area contributed by atoms with Crippen molar-refractivity contribution in [2.45, 2.75) is 57.9 Å². The van der Waals surface area contributed by atoms with Gasteiger partial charge in [0, 0.05) is 12.0 Å². The first-order valence-electron chi connectivity index (χ1n) is 7.01. The average molecular weight is 312 g/mol. The maximum Gasteiger partial charge on any atom is 0.139 e. The van der Waals surface area contributed by atoms with Gasteiger partial charge >= 0.3 is 0 Å². The summed E-state index contributed by atoms with van der Waals surface area (Å²) in [6.45, 7) is 7.79. The van der Waals surface area contributed by atoms with Gasteiger partial charge in [-0.1, -0.05) is 33.6 Å². The lowest BCUT2D eigenvalue weighted by atomic mass is 9.83. The van der Waals surface area contributed by atoms with Crippen molar-refractivity contribution in [3.8, 4) is 0 Å². The fourth-order valence-electron chi connectivity index (χ4n) is 3.27. The van der Waals surface area contributed by atoms with Gasteiger partial charge in [0.15, 0.2) is 0 Å². The minimum absolute atomic E-state index is 0.0923. The SMILES string of the molecule is CC(C)(C)c1nn2c(c1Br)NCC1CCCCC12. The zero-order chi connectivity index (χ0) is 12.9. The molecule has 2 heterocycles. The van der Waals surface area contributed by atoms with Crippen molar-refractivity contribution >= 4 is 21.7 Å². The van der Waals surface area contributed by atoms with E-state index in [2.05, 4.69) is 46.7 Å². The summed E-state index contributed by atoms with van der Waals surface area (Å²) in [5.41, 5.74) is 1.27. The van der Waals surface area contributed by atoms with Crippen LogP contribution in [-0.4, -0.2) is 16.3 Å². The largest absolute Gasteiger partial charge is 0.369 e. The van der Waals surface area contributed by atoms with E-state index in [9.17, 15) is 0 Å². The molecule has 3 nitrogen and oxygen atoms in total. The van der Waals surface area contributed by atoms with Crippen LogP contribution in [0.25, 0.3) is 0 Å². The minimum atomic E-state index is 0.0923. The number of hydrogen-bond acceptors (Lipinski definition) is 2. The summed E-state index contributed by atoms with van der Waals surface area (Å²) >= 11 is 3.74. The fourth-order valence-corrected chi connectivity index (χ4v) is 4.26. The van der Waals surface area contributed by atoms with Crippen LogP contribution in [0.1, 0.15) is 58.2 Å². The number of aromatic nitrogens is 2. The van der Waals surface area contributed by atoms with E-state index in [1.807, 2.05) is 0 Å². The highest BCUT2D eigenvalue weighted by molar-refractivity contribution is 9.10. The Morgan fingerprint density at radius 1 is 1.28 bits per heavy atom. The molecule has 0 saturated heterocycles. The number of halogens is 1. The zero-order valence-electron chi connectivity index (χ0n) is 11.5. The molecule has 1 saturated carbocycles. The van der Waals surface area contributed by atoms with E-state index < -0.39 is 0 Å². The van der Waals surface area contributed by atoms with Gasteiger partial charge in [0.1, 0.15) is 5.82 Å². The summed E-state index contributed by atoms with van der Waals surface area (Å²) < 4.78 is 3.43. The van der Waals surface area contributed by atoms with Crippen molar-refractivity contribution < 1.29 is 0 Å². The van der Waals surface area contributed by atoms with Crippen LogP contribution in [0.15, 0.2) is 4.47 Å². The van der Waals surface area contributed by atoms with Crippen molar-refractivity contribution in [2.75, 3.05) is 11.9 Å². The van der Waals surface area contributed by atoms with Crippen LogP contribution in [0.3, 0.4) is 0 Å². The van der Waals surface area contributed by atoms with E-state index in [0.717, 1.165) is 12.5 Å². The number of fused-ring (bicyclic) bond motifs is 3. The molecule has 3 rings (SSSR count). The normalized spacial score (nSPS) is 27.3. The summed E-state index contributed by atoms with van der Waals surface area (Å²) in [4.78, 5) is 0. The summed E-state index contributed by atoms with van der Waals surface area (Å²) in [5, 5.41) is 8.49. The second-order valence-electron chi connectivity index (χ2n) is 6.70. The minimum Gasteiger partial charge on any atom is -0.369 e. The van der Waals surface area contributed by atoms with Crippen molar-refractivity contribution in [3.05, 3.63) is 10.2 Å². The third-order valence-corrected chi connectivity index (χ3v) is 5.03. The number of anilines is 1. The van der Waals surface area contributed by atoms with Crippen molar-refractivity contribution in [1.82, 2.24) is 9.78 Å². The van der Waals surface area contributed by atoms with Gasteiger partial charge in [-0.05, 0) is 34.7 Å². The molecule has 0 bridgehead atoms. The van der Waals surface area contributed by atoms with E-state index in [1.165, 1.54) is 41.7 Å². The van der Waals surface area contributed by atoms with Gasteiger partial charge < -0.3 is 5.32 Å². The molecule has 1 aromatic heterocycles. The first-order valence-corrected chi connectivity index (χ1v) is 7.80. The predicted octanol–water partition coefficient (Wildman–Crippen LogP) is 4.10.